The molecule has 0 N–H and O–H groups in total. The Morgan fingerprint density at radius 1 is 0.250 bits per heavy atom. The first-order chi connectivity index (χ1) is 0. The summed E-state index contributed by atoms with van der Waals surface area (Å²) in [5.74, 6) is 0. The van der Waals surface area contributed by atoms with Crippen molar-refractivity contribution >= 4 is 136 Å². The zero-order chi connectivity index (χ0) is 0. The van der Waals surface area contributed by atoms with Crippen molar-refractivity contribution in [3.8, 4) is 0 Å². The Labute approximate surface area is 229 Å². The summed E-state index contributed by atoms with van der Waals surface area (Å²) in [4.78, 5) is 0. The summed E-state index contributed by atoms with van der Waals surface area (Å²) in [6.07, 6.45) is 0. The second kappa shape index (κ2) is 108. The van der Waals surface area contributed by atoms with Gasteiger partial charge < -0.3 is 99.3 Å². The second-order valence-corrected chi connectivity index (χ2v) is 0. The molecule has 0 nitrogen and oxygen atoms in total. The van der Waals surface area contributed by atoms with Gasteiger partial charge in [0.15, 0.2) is 0 Å². The molecule has 0 atom stereocenters. The molecule has 0 bridgehead atoms. The van der Waals surface area contributed by atoms with Gasteiger partial charge in [-0.25, -0.2) is 0 Å². The molecule has 12 heavy (non-hydrogen) atoms. The van der Waals surface area contributed by atoms with Crippen LogP contribution in [0.25, 0.3) is 0 Å². The minimum atomic E-state index is 0. The molecule has 0 aliphatic heterocycles. The van der Waals surface area contributed by atoms with Crippen molar-refractivity contribution in [2.45, 2.75) is 0 Å². The van der Waals surface area contributed by atoms with Gasteiger partial charge in [0.1, 0.15) is 0 Å². The molecule has 0 aromatic rings. The number of hydrogen-bond acceptors (Lipinski definition) is 0. The van der Waals surface area contributed by atoms with Gasteiger partial charge in [-0.15, -0.1) is 0 Å². The van der Waals surface area contributed by atoms with Crippen molar-refractivity contribution in [3.05, 3.63) is 0 Å². The largest absolute Gasteiger partial charge is 2.00 e. The van der Waals surface area contributed by atoms with Gasteiger partial charge >= 0.3 is 136 Å². The van der Waals surface area contributed by atoms with Crippen molar-refractivity contribution in [1.29, 1.82) is 0 Å². The van der Waals surface area contributed by atoms with Crippen LogP contribution in [0.3, 0.4) is 0 Å². The summed E-state index contributed by atoms with van der Waals surface area (Å²) in [6.45, 7) is 0. The van der Waals surface area contributed by atoms with E-state index in [1.807, 2.05) is 0 Å². The van der Waals surface area contributed by atoms with Crippen LogP contribution >= 0.6 is 0 Å². The molecule has 0 spiro atoms. The Bertz CT molecular complexity index is 14.3. The van der Waals surface area contributed by atoms with E-state index in [1.54, 1.807) is 0 Å². The quantitative estimate of drug-likeness (QED) is 0.337. The SMILES string of the molecule is [Ca+2].[Ca+2].[Ca+2].[Cl-].[Cl-].[Cl-].[Cl-].[Cl-].[Cl-].[Cl-].[Cl-].[Mg+2]. The standard InChI is InChI=1S/3Ca.8ClH.Mg/h;;;8*1H;/q3*+2;;;;;;;;;+2/p-8. The molecule has 0 aromatic heterocycles. The maximum atomic E-state index is 0. The Balaban J connectivity index is 0. The first kappa shape index (κ1) is 128. The van der Waals surface area contributed by atoms with Crippen LogP contribution in [0.2, 0.25) is 0 Å². The monoisotopic (exact) mass is 424 g/mol. The summed E-state index contributed by atoms with van der Waals surface area (Å²) < 4.78 is 0. The molecule has 0 aliphatic rings. The summed E-state index contributed by atoms with van der Waals surface area (Å²) >= 11 is 0. The van der Waals surface area contributed by atoms with E-state index in [2.05, 4.69) is 0 Å². The van der Waals surface area contributed by atoms with E-state index in [0.717, 1.165) is 0 Å². The first-order valence-electron chi connectivity index (χ1n) is 0. The number of hydrogen-bond donors (Lipinski definition) is 0. The molecule has 0 radical (unpaired) electrons. The summed E-state index contributed by atoms with van der Waals surface area (Å²) in [6, 6.07) is 0. The smallest absolute Gasteiger partial charge is 1.00 e. The van der Waals surface area contributed by atoms with Gasteiger partial charge in [0.05, 0.1) is 0 Å². The molecule has 0 saturated carbocycles. The van der Waals surface area contributed by atoms with E-state index >= 15 is 0 Å². The molecule has 0 amide bonds. The number of halogens is 8. The summed E-state index contributed by atoms with van der Waals surface area (Å²) in [5.41, 5.74) is 0. The Kier molecular flexibility index (Phi) is 1150. The van der Waals surface area contributed by atoms with Crippen LogP contribution in [-0.4, -0.2) is 136 Å². The van der Waals surface area contributed by atoms with Crippen LogP contribution in [0.15, 0.2) is 0 Å². The van der Waals surface area contributed by atoms with Gasteiger partial charge in [-0.3, -0.25) is 0 Å². The Morgan fingerprint density at radius 2 is 0.250 bits per heavy atom. The van der Waals surface area contributed by atoms with Gasteiger partial charge in [0, 0.05) is 0 Å². The third kappa shape index (κ3) is 90.1. The molecule has 0 unspecified atom stereocenters. The normalized spacial score (nSPS) is 0. The molecule has 0 fully saturated rings. The molecule has 12 heteroatoms. The second-order valence-electron chi connectivity index (χ2n) is 0. The average molecular weight is 428 g/mol. The van der Waals surface area contributed by atoms with E-state index in [-0.39, 0.29) is 236 Å². The third-order valence-corrected chi connectivity index (χ3v) is 0. The van der Waals surface area contributed by atoms with Crippen LogP contribution in [0.1, 0.15) is 0 Å². The topological polar surface area (TPSA) is 0 Å². The molecule has 0 aromatic carbocycles. The average Bonchev–Trinajstić information content (AvgIpc) is 0. The molecular weight excluding hydrogens is 428 g/mol. The molecule has 0 heterocycles. The van der Waals surface area contributed by atoms with Crippen molar-refractivity contribution in [2.24, 2.45) is 0 Å². The summed E-state index contributed by atoms with van der Waals surface area (Å²) in [7, 11) is 0. The first-order valence-corrected chi connectivity index (χ1v) is 0. The van der Waals surface area contributed by atoms with Gasteiger partial charge in [-0.05, 0) is 0 Å². The maximum absolute atomic E-state index is 0. The fraction of sp³-hybridized carbons (Fsp3) is 0. The number of rotatable bonds is 0. The van der Waals surface area contributed by atoms with Crippen LogP contribution in [0.4, 0.5) is 0 Å². The predicted octanol–water partition coefficient (Wildman–Crippen LogP) is -25.5. The predicted molar refractivity (Wildman–Crippen MR) is 23.0 cm³/mol. The van der Waals surface area contributed by atoms with E-state index in [4.69, 9.17) is 0 Å². The van der Waals surface area contributed by atoms with Gasteiger partial charge in [0.25, 0.3) is 0 Å². The van der Waals surface area contributed by atoms with E-state index in [1.165, 1.54) is 0 Å². The molecular formula is Ca3Cl8Mg. The van der Waals surface area contributed by atoms with Crippen LogP contribution in [0.5, 0.6) is 0 Å². The van der Waals surface area contributed by atoms with E-state index in [9.17, 15) is 0 Å². The van der Waals surface area contributed by atoms with Crippen LogP contribution in [0, 0.1) is 0 Å². The van der Waals surface area contributed by atoms with E-state index in [0.29, 0.717) is 0 Å². The molecule has 0 saturated heterocycles. The van der Waals surface area contributed by atoms with Gasteiger partial charge in [-0.1, -0.05) is 0 Å². The molecule has 0 aliphatic carbocycles. The fourth-order valence-corrected chi connectivity index (χ4v) is 0. The molecule has 64 valence electrons. The Morgan fingerprint density at radius 3 is 0.250 bits per heavy atom. The van der Waals surface area contributed by atoms with Crippen molar-refractivity contribution in [2.75, 3.05) is 0 Å². The molecule has 0 rings (SSSR count). The van der Waals surface area contributed by atoms with Crippen LogP contribution < -0.4 is 99.3 Å². The van der Waals surface area contributed by atoms with Gasteiger partial charge in [0.2, 0.25) is 0 Å². The zero-order valence-corrected chi connectivity index (χ0v) is 19.9. The van der Waals surface area contributed by atoms with Crippen molar-refractivity contribution < 1.29 is 99.3 Å². The minimum Gasteiger partial charge on any atom is -1.00 e. The van der Waals surface area contributed by atoms with Crippen LogP contribution in [-0.2, 0) is 0 Å². The maximum Gasteiger partial charge on any atom is 2.00 e. The minimum absolute atomic E-state index is 0. The van der Waals surface area contributed by atoms with E-state index < -0.39 is 0 Å². The zero-order valence-electron chi connectivity index (χ0n) is 5.85. The van der Waals surface area contributed by atoms with Crippen molar-refractivity contribution in [3.63, 3.8) is 0 Å². The Hall–Kier alpha value is 6.87. The summed E-state index contributed by atoms with van der Waals surface area (Å²) in [5, 5.41) is 0. The third-order valence-electron chi connectivity index (χ3n) is 0. The van der Waals surface area contributed by atoms with Gasteiger partial charge in [-0.2, -0.15) is 0 Å². The van der Waals surface area contributed by atoms with Crippen molar-refractivity contribution in [1.82, 2.24) is 0 Å². The fourth-order valence-electron chi connectivity index (χ4n) is 0.